The number of rotatable bonds is 3. The molecule has 0 unspecified atom stereocenters. The highest BCUT2D eigenvalue weighted by atomic mass is 32.1. The number of thiazole rings is 1. The summed E-state index contributed by atoms with van der Waals surface area (Å²) in [4.78, 5) is 16.2. The van der Waals surface area contributed by atoms with E-state index in [1.54, 1.807) is 6.92 Å². The van der Waals surface area contributed by atoms with Crippen LogP contribution >= 0.6 is 11.3 Å². The van der Waals surface area contributed by atoms with Crippen molar-refractivity contribution in [2.24, 2.45) is 0 Å². The number of nitrogens with one attached hydrogen (secondary N) is 1. The Balaban J connectivity index is 2.18. The molecule has 0 spiro atoms. The second-order valence-corrected chi connectivity index (χ2v) is 4.41. The van der Waals surface area contributed by atoms with Crippen LogP contribution in [-0.2, 0) is 0 Å². The van der Waals surface area contributed by atoms with Crippen molar-refractivity contribution < 1.29 is 4.79 Å². The monoisotopic (exact) mass is 196 g/mol. The zero-order valence-corrected chi connectivity index (χ0v) is 8.57. The zero-order valence-electron chi connectivity index (χ0n) is 7.76. The van der Waals surface area contributed by atoms with Crippen molar-refractivity contribution in [3.8, 4) is 0 Å². The Morgan fingerprint density at radius 3 is 2.77 bits per heavy atom. The third-order valence-corrected chi connectivity index (χ3v) is 3.21. The van der Waals surface area contributed by atoms with Crippen molar-refractivity contribution >= 4 is 22.3 Å². The molecule has 0 radical (unpaired) electrons. The molecule has 0 atom stereocenters. The summed E-state index contributed by atoms with van der Waals surface area (Å²) < 4.78 is 0. The van der Waals surface area contributed by atoms with E-state index in [1.165, 1.54) is 24.2 Å². The van der Waals surface area contributed by atoms with Crippen LogP contribution in [0.5, 0.6) is 0 Å². The maximum atomic E-state index is 11.1. The summed E-state index contributed by atoms with van der Waals surface area (Å²) in [5.74, 6) is 0.110. The molecular weight excluding hydrogens is 184 g/mol. The number of hydrogen-bond acceptors (Lipinski definition) is 4. The molecule has 2 rings (SSSR count). The molecule has 0 aromatic carbocycles. The van der Waals surface area contributed by atoms with Crippen LogP contribution in [0.15, 0.2) is 0 Å². The predicted octanol–water partition coefficient (Wildman–Crippen LogP) is 2.23. The minimum Gasteiger partial charge on any atom is -0.359 e. The fourth-order valence-electron chi connectivity index (χ4n) is 1.19. The van der Waals surface area contributed by atoms with Gasteiger partial charge in [0.05, 0.1) is 10.6 Å². The largest absolute Gasteiger partial charge is 0.359 e. The number of aryl methyl sites for hydroxylation is 1. The number of hydrogen-bond donors (Lipinski definition) is 1. The molecule has 3 nitrogen and oxygen atoms in total. The first kappa shape index (κ1) is 8.69. The molecule has 70 valence electrons. The second kappa shape index (κ2) is 3.10. The quantitative estimate of drug-likeness (QED) is 0.754. The normalized spacial score (nSPS) is 15.8. The van der Waals surface area contributed by atoms with E-state index in [0.29, 0.717) is 6.04 Å². The molecule has 0 saturated heterocycles. The third kappa shape index (κ3) is 1.88. The highest BCUT2D eigenvalue weighted by Gasteiger charge is 2.23. The van der Waals surface area contributed by atoms with Crippen molar-refractivity contribution in [1.82, 2.24) is 4.98 Å². The van der Waals surface area contributed by atoms with Crippen LogP contribution in [0.25, 0.3) is 0 Å². The highest BCUT2D eigenvalue weighted by Crippen LogP contribution is 2.29. The average Bonchev–Trinajstić information content (AvgIpc) is 2.75. The maximum Gasteiger partial charge on any atom is 0.183 e. The smallest absolute Gasteiger partial charge is 0.183 e. The topological polar surface area (TPSA) is 42.0 Å². The minimum absolute atomic E-state index is 0.110. The lowest BCUT2D eigenvalue weighted by Gasteiger charge is -1.95. The average molecular weight is 196 g/mol. The molecule has 0 bridgehead atoms. The van der Waals surface area contributed by atoms with Crippen LogP contribution in [0.3, 0.4) is 0 Å². The van der Waals surface area contributed by atoms with Gasteiger partial charge in [0.15, 0.2) is 10.9 Å². The number of ketones is 1. The van der Waals surface area contributed by atoms with E-state index < -0.39 is 0 Å². The summed E-state index contributed by atoms with van der Waals surface area (Å²) in [6, 6.07) is 0.602. The van der Waals surface area contributed by atoms with Crippen molar-refractivity contribution in [3.05, 3.63) is 10.6 Å². The van der Waals surface area contributed by atoms with Gasteiger partial charge in [0.1, 0.15) is 0 Å². The number of anilines is 1. The van der Waals surface area contributed by atoms with Crippen molar-refractivity contribution in [2.75, 3.05) is 5.32 Å². The molecule has 1 saturated carbocycles. The van der Waals surface area contributed by atoms with Crippen LogP contribution in [0, 0.1) is 6.92 Å². The zero-order chi connectivity index (χ0) is 9.42. The summed E-state index contributed by atoms with van der Waals surface area (Å²) in [6.45, 7) is 3.47. The molecule has 1 N–H and O–H groups in total. The summed E-state index contributed by atoms with van der Waals surface area (Å²) in [5.41, 5.74) is 0.848. The molecule has 0 amide bonds. The lowest BCUT2D eigenvalue weighted by atomic mass is 10.3. The number of aromatic nitrogens is 1. The first-order valence-corrected chi connectivity index (χ1v) is 5.23. The molecule has 1 fully saturated rings. The van der Waals surface area contributed by atoms with E-state index in [0.717, 1.165) is 15.7 Å². The number of Topliss-reactive ketones (excluding diaryl/α,β-unsaturated/α-hetero) is 1. The van der Waals surface area contributed by atoms with Gasteiger partial charge in [-0.25, -0.2) is 4.98 Å². The molecule has 1 aliphatic rings. The highest BCUT2D eigenvalue weighted by molar-refractivity contribution is 7.17. The van der Waals surface area contributed by atoms with Crippen molar-refractivity contribution in [2.45, 2.75) is 32.7 Å². The van der Waals surface area contributed by atoms with Crippen molar-refractivity contribution in [3.63, 3.8) is 0 Å². The molecule has 1 aromatic rings. The van der Waals surface area contributed by atoms with Gasteiger partial charge >= 0.3 is 0 Å². The van der Waals surface area contributed by atoms with Gasteiger partial charge in [-0.1, -0.05) is 11.3 Å². The Morgan fingerprint density at radius 2 is 2.31 bits per heavy atom. The van der Waals surface area contributed by atoms with Crippen molar-refractivity contribution in [1.29, 1.82) is 0 Å². The maximum absolute atomic E-state index is 11.1. The Labute approximate surface area is 81.2 Å². The number of carbonyl (C=O) groups is 1. The van der Waals surface area contributed by atoms with Crippen LogP contribution in [0.1, 0.15) is 35.1 Å². The Kier molecular flexibility index (Phi) is 2.07. The molecular formula is C9H12N2OS. The molecule has 4 heteroatoms. The summed E-state index contributed by atoms with van der Waals surface area (Å²) in [7, 11) is 0. The summed E-state index contributed by atoms with van der Waals surface area (Å²) in [6.07, 6.45) is 2.46. The standard InChI is InChI=1S/C9H12N2OS/c1-5-8(6(2)12)13-9(10-5)11-7-3-4-7/h7H,3-4H2,1-2H3,(H,10,11). The van der Waals surface area contributed by atoms with E-state index in [4.69, 9.17) is 0 Å². The van der Waals surface area contributed by atoms with Gasteiger partial charge in [-0.3, -0.25) is 4.79 Å². The Bertz CT molecular complexity index is 341. The molecule has 1 heterocycles. The number of nitrogens with zero attached hydrogens (tertiary/aromatic N) is 1. The predicted molar refractivity (Wildman–Crippen MR) is 53.5 cm³/mol. The van der Waals surface area contributed by atoms with Gasteiger partial charge in [-0.05, 0) is 19.8 Å². The first-order valence-electron chi connectivity index (χ1n) is 4.41. The second-order valence-electron chi connectivity index (χ2n) is 3.41. The summed E-state index contributed by atoms with van der Waals surface area (Å²) in [5, 5.41) is 4.18. The van der Waals surface area contributed by atoms with E-state index in [-0.39, 0.29) is 5.78 Å². The Hall–Kier alpha value is -0.900. The molecule has 0 aliphatic heterocycles. The van der Waals surface area contributed by atoms with E-state index in [2.05, 4.69) is 10.3 Å². The van der Waals surface area contributed by atoms with E-state index in [9.17, 15) is 4.79 Å². The Morgan fingerprint density at radius 1 is 1.62 bits per heavy atom. The fraction of sp³-hybridized carbons (Fsp3) is 0.556. The van der Waals surface area contributed by atoms with Gasteiger partial charge in [0, 0.05) is 13.0 Å². The van der Waals surface area contributed by atoms with Crippen LogP contribution in [0.2, 0.25) is 0 Å². The van der Waals surface area contributed by atoms with E-state index >= 15 is 0 Å². The van der Waals surface area contributed by atoms with Crippen LogP contribution in [-0.4, -0.2) is 16.8 Å². The number of carbonyl (C=O) groups excluding carboxylic acids is 1. The first-order chi connectivity index (χ1) is 6.16. The van der Waals surface area contributed by atoms with Crippen LogP contribution < -0.4 is 5.32 Å². The SMILES string of the molecule is CC(=O)c1sc(NC2CC2)nc1C. The summed E-state index contributed by atoms with van der Waals surface area (Å²) >= 11 is 1.46. The van der Waals surface area contributed by atoms with Crippen LogP contribution in [0.4, 0.5) is 5.13 Å². The molecule has 1 aliphatic carbocycles. The van der Waals surface area contributed by atoms with Gasteiger partial charge in [-0.2, -0.15) is 0 Å². The molecule has 13 heavy (non-hydrogen) atoms. The minimum atomic E-state index is 0.110. The van der Waals surface area contributed by atoms with E-state index in [1.807, 2.05) is 6.92 Å². The van der Waals surface area contributed by atoms with Gasteiger partial charge in [0.2, 0.25) is 0 Å². The molecule has 1 aromatic heterocycles. The van der Waals surface area contributed by atoms with Gasteiger partial charge < -0.3 is 5.32 Å². The lowest BCUT2D eigenvalue weighted by molar-refractivity contribution is 0.102. The van der Waals surface area contributed by atoms with Gasteiger partial charge in [-0.15, -0.1) is 0 Å². The van der Waals surface area contributed by atoms with Gasteiger partial charge in [0.25, 0.3) is 0 Å². The lowest BCUT2D eigenvalue weighted by Crippen LogP contribution is -1.99. The third-order valence-electron chi connectivity index (χ3n) is 2.02. The fourth-order valence-corrected chi connectivity index (χ4v) is 2.13.